The van der Waals surface area contributed by atoms with Crippen molar-refractivity contribution in [3.8, 4) is 0 Å². The van der Waals surface area contributed by atoms with Crippen LogP contribution in [0.25, 0.3) is 0 Å². The normalized spacial score (nSPS) is 12.2. The highest BCUT2D eigenvalue weighted by molar-refractivity contribution is 9.10. The quantitative estimate of drug-likeness (QED) is 0.708. The molecule has 0 saturated carbocycles. The van der Waals surface area contributed by atoms with Crippen LogP contribution in [0.2, 0.25) is 5.02 Å². The third kappa shape index (κ3) is 3.76. The standard InChI is InChI=1S/C15H15Br2ClN2/c1-9-2-4-12(17)14(6-9)20-15(8-19)11-7-10(16)3-5-13(11)18/h2-7,15,20H,8,19H2,1H3. The molecular weight excluding hydrogens is 403 g/mol. The summed E-state index contributed by atoms with van der Waals surface area (Å²) >= 11 is 13.3. The summed E-state index contributed by atoms with van der Waals surface area (Å²) in [7, 11) is 0. The molecule has 3 N–H and O–H groups in total. The first kappa shape index (κ1) is 15.8. The number of rotatable bonds is 4. The Kier molecular flexibility index (Phi) is 5.49. The van der Waals surface area contributed by atoms with E-state index in [0.717, 1.165) is 20.2 Å². The van der Waals surface area contributed by atoms with Crippen molar-refractivity contribution in [2.75, 3.05) is 11.9 Å². The fraction of sp³-hybridized carbons (Fsp3) is 0.200. The second-order valence-corrected chi connectivity index (χ2v) is 6.76. The van der Waals surface area contributed by atoms with Gasteiger partial charge in [0.05, 0.1) is 6.04 Å². The number of aryl methyl sites for hydroxylation is 1. The maximum absolute atomic E-state index is 6.28. The zero-order valence-electron chi connectivity index (χ0n) is 11.0. The lowest BCUT2D eigenvalue weighted by atomic mass is 10.1. The van der Waals surface area contributed by atoms with Crippen LogP contribution in [0.3, 0.4) is 0 Å². The highest BCUT2D eigenvalue weighted by Crippen LogP contribution is 2.31. The Balaban J connectivity index is 2.33. The van der Waals surface area contributed by atoms with Crippen molar-refractivity contribution in [2.45, 2.75) is 13.0 Å². The Bertz CT molecular complexity index is 617. The van der Waals surface area contributed by atoms with E-state index >= 15 is 0 Å². The molecule has 1 atom stereocenters. The Hall–Kier alpha value is -0.550. The van der Waals surface area contributed by atoms with Crippen LogP contribution in [0.5, 0.6) is 0 Å². The van der Waals surface area contributed by atoms with Crippen molar-refractivity contribution in [1.82, 2.24) is 0 Å². The third-order valence-electron chi connectivity index (χ3n) is 3.02. The molecular formula is C15H15Br2ClN2. The van der Waals surface area contributed by atoms with Gasteiger partial charge >= 0.3 is 0 Å². The maximum atomic E-state index is 6.28. The Morgan fingerprint density at radius 2 is 1.95 bits per heavy atom. The summed E-state index contributed by atoms with van der Waals surface area (Å²) in [5.74, 6) is 0. The van der Waals surface area contributed by atoms with E-state index in [2.05, 4.69) is 56.2 Å². The first-order chi connectivity index (χ1) is 9.51. The van der Waals surface area contributed by atoms with Gasteiger partial charge in [-0.25, -0.2) is 0 Å². The summed E-state index contributed by atoms with van der Waals surface area (Å²) in [6.45, 7) is 2.51. The van der Waals surface area contributed by atoms with E-state index in [4.69, 9.17) is 17.3 Å². The monoisotopic (exact) mass is 416 g/mol. The predicted octanol–water partition coefficient (Wildman–Crippen LogP) is 5.29. The van der Waals surface area contributed by atoms with Gasteiger partial charge in [0.15, 0.2) is 0 Å². The minimum Gasteiger partial charge on any atom is -0.376 e. The summed E-state index contributed by atoms with van der Waals surface area (Å²) in [6, 6.07) is 11.9. The molecule has 2 aromatic rings. The molecule has 0 aromatic heterocycles. The van der Waals surface area contributed by atoms with Gasteiger partial charge in [0.25, 0.3) is 0 Å². The SMILES string of the molecule is Cc1ccc(Br)c(NC(CN)c2cc(Br)ccc2Cl)c1. The van der Waals surface area contributed by atoms with Crippen LogP contribution >= 0.6 is 43.5 Å². The molecule has 2 aromatic carbocycles. The Labute approximate surface area is 141 Å². The van der Waals surface area contributed by atoms with E-state index in [9.17, 15) is 0 Å². The average molecular weight is 419 g/mol. The van der Waals surface area contributed by atoms with Gasteiger partial charge in [-0.3, -0.25) is 0 Å². The van der Waals surface area contributed by atoms with Gasteiger partial charge in [0.2, 0.25) is 0 Å². The van der Waals surface area contributed by atoms with E-state index in [-0.39, 0.29) is 6.04 Å². The summed E-state index contributed by atoms with van der Waals surface area (Å²) in [4.78, 5) is 0. The molecule has 0 heterocycles. The van der Waals surface area contributed by atoms with Gasteiger partial charge in [-0.1, -0.05) is 33.6 Å². The highest BCUT2D eigenvalue weighted by Gasteiger charge is 2.15. The second-order valence-electron chi connectivity index (χ2n) is 4.58. The number of nitrogens with two attached hydrogens (primary N) is 1. The minimum absolute atomic E-state index is 0.0434. The molecule has 2 rings (SSSR count). The number of anilines is 1. The summed E-state index contributed by atoms with van der Waals surface area (Å²) < 4.78 is 1.99. The molecule has 0 spiro atoms. The average Bonchev–Trinajstić information content (AvgIpc) is 2.42. The zero-order chi connectivity index (χ0) is 14.7. The molecule has 1 unspecified atom stereocenters. The molecule has 20 heavy (non-hydrogen) atoms. The number of benzene rings is 2. The maximum Gasteiger partial charge on any atom is 0.0651 e. The van der Waals surface area contributed by atoms with E-state index in [1.165, 1.54) is 5.56 Å². The first-order valence-electron chi connectivity index (χ1n) is 6.19. The van der Waals surface area contributed by atoms with Gasteiger partial charge in [-0.15, -0.1) is 0 Å². The van der Waals surface area contributed by atoms with Crippen molar-refractivity contribution in [3.63, 3.8) is 0 Å². The fourth-order valence-electron chi connectivity index (χ4n) is 1.98. The van der Waals surface area contributed by atoms with Crippen LogP contribution in [0.15, 0.2) is 45.3 Å². The molecule has 0 fully saturated rings. The number of halogens is 3. The van der Waals surface area contributed by atoms with Gasteiger partial charge in [-0.2, -0.15) is 0 Å². The zero-order valence-corrected chi connectivity index (χ0v) is 14.9. The van der Waals surface area contributed by atoms with Crippen LogP contribution in [0.4, 0.5) is 5.69 Å². The summed E-state index contributed by atoms with van der Waals surface area (Å²) in [5.41, 5.74) is 9.09. The van der Waals surface area contributed by atoms with Crippen LogP contribution < -0.4 is 11.1 Å². The molecule has 2 nitrogen and oxygen atoms in total. The lowest BCUT2D eigenvalue weighted by Crippen LogP contribution is -2.21. The van der Waals surface area contributed by atoms with Crippen molar-refractivity contribution >= 4 is 49.1 Å². The smallest absolute Gasteiger partial charge is 0.0651 e. The topological polar surface area (TPSA) is 38.0 Å². The Morgan fingerprint density at radius 3 is 2.65 bits per heavy atom. The molecule has 0 aliphatic carbocycles. The molecule has 0 radical (unpaired) electrons. The van der Waals surface area contributed by atoms with Crippen molar-refractivity contribution < 1.29 is 0 Å². The predicted molar refractivity (Wildman–Crippen MR) is 93.4 cm³/mol. The lowest BCUT2D eigenvalue weighted by molar-refractivity contribution is 0.789. The summed E-state index contributed by atoms with van der Waals surface area (Å²) in [6.07, 6.45) is 0. The van der Waals surface area contributed by atoms with Gasteiger partial charge in [0.1, 0.15) is 0 Å². The molecule has 106 valence electrons. The fourth-order valence-corrected chi connectivity index (χ4v) is 2.97. The van der Waals surface area contributed by atoms with Crippen molar-refractivity contribution in [1.29, 1.82) is 0 Å². The van der Waals surface area contributed by atoms with Gasteiger partial charge in [-0.05, 0) is 64.3 Å². The molecule has 5 heteroatoms. The van der Waals surface area contributed by atoms with Crippen molar-refractivity contribution in [2.24, 2.45) is 5.73 Å². The Morgan fingerprint density at radius 1 is 1.20 bits per heavy atom. The van der Waals surface area contributed by atoms with E-state index in [1.54, 1.807) is 0 Å². The number of nitrogens with one attached hydrogen (secondary N) is 1. The molecule has 0 amide bonds. The van der Waals surface area contributed by atoms with E-state index in [0.29, 0.717) is 11.6 Å². The highest BCUT2D eigenvalue weighted by atomic mass is 79.9. The van der Waals surface area contributed by atoms with Gasteiger partial charge < -0.3 is 11.1 Å². The number of hydrogen-bond donors (Lipinski definition) is 2. The largest absolute Gasteiger partial charge is 0.376 e. The third-order valence-corrected chi connectivity index (χ3v) is 4.55. The molecule has 0 aliphatic heterocycles. The lowest BCUT2D eigenvalue weighted by Gasteiger charge is -2.21. The van der Waals surface area contributed by atoms with Crippen LogP contribution in [0, 0.1) is 6.92 Å². The molecule has 0 bridgehead atoms. The minimum atomic E-state index is -0.0434. The second kappa shape index (κ2) is 6.94. The van der Waals surface area contributed by atoms with E-state index in [1.807, 2.05) is 24.3 Å². The summed E-state index contributed by atoms with van der Waals surface area (Å²) in [5, 5.41) is 4.15. The van der Waals surface area contributed by atoms with Crippen LogP contribution in [0.1, 0.15) is 17.2 Å². The molecule has 0 aliphatic rings. The molecule has 0 saturated heterocycles. The van der Waals surface area contributed by atoms with Crippen molar-refractivity contribution in [3.05, 3.63) is 61.5 Å². The van der Waals surface area contributed by atoms with Crippen LogP contribution in [-0.2, 0) is 0 Å². The number of hydrogen-bond acceptors (Lipinski definition) is 2. The van der Waals surface area contributed by atoms with Crippen LogP contribution in [-0.4, -0.2) is 6.54 Å². The van der Waals surface area contributed by atoms with Gasteiger partial charge in [0, 0.05) is 26.2 Å². The van der Waals surface area contributed by atoms with E-state index < -0.39 is 0 Å². The first-order valence-corrected chi connectivity index (χ1v) is 8.15.